The van der Waals surface area contributed by atoms with Gasteiger partial charge in [0.2, 0.25) is 0 Å². The van der Waals surface area contributed by atoms with Crippen LogP contribution in [0.4, 0.5) is 0 Å². The first-order valence-electron chi connectivity index (χ1n) is 38.4. The van der Waals surface area contributed by atoms with Gasteiger partial charge in [-0.25, -0.2) is 9.13 Å². The van der Waals surface area contributed by atoms with E-state index in [9.17, 15) is 43.5 Å². The molecule has 0 rings (SSSR count). The quantitative estimate of drug-likeness (QED) is 0.0146. The van der Waals surface area contributed by atoms with Gasteiger partial charge in [-0.15, -0.1) is 0 Å². The number of rotatable bonds is 71. The molecule has 16 nitrogen and oxygen atoms in total. The molecule has 5 unspecified atom stereocenters. The van der Waals surface area contributed by atoms with Gasteiger partial charge in [-0.3, -0.25) is 32.5 Å². The van der Waals surface area contributed by atoms with Crippen LogP contribution in [0.5, 0.6) is 0 Å². The Morgan fingerprint density at radius 2 is 0.495 bits per heavy atom. The molecular weight excluding hydrogens is 1310 g/mol. The van der Waals surface area contributed by atoms with Gasteiger partial charge in [-0.2, -0.15) is 0 Å². The van der Waals surface area contributed by atoms with E-state index in [1.54, 1.807) is 0 Å². The Morgan fingerprint density at radius 3 is 0.792 bits per heavy atom. The van der Waals surface area contributed by atoms with Gasteiger partial charge in [0.25, 0.3) is 0 Å². The van der Waals surface area contributed by atoms with E-state index in [-0.39, 0.29) is 19.3 Å². The van der Waals surface area contributed by atoms with Crippen molar-refractivity contribution in [2.45, 2.75) is 296 Å². The summed E-state index contributed by atoms with van der Waals surface area (Å²) in [7, 11) is -9.82. The second-order valence-corrected chi connectivity index (χ2v) is 27.9. The molecule has 0 aromatic heterocycles. The molecular formula is C83H136O16P2. The monoisotopic (exact) mass is 1450 g/mol. The van der Waals surface area contributed by atoms with Crippen LogP contribution in [0.2, 0.25) is 0 Å². The van der Waals surface area contributed by atoms with Crippen molar-refractivity contribution in [1.82, 2.24) is 0 Å². The first-order chi connectivity index (χ1) is 49.2. The third kappa shape index (κ3) is 75.9. The van der Waals surface area contributed by atoms with E-state index < -0.39 is 91.5 Å². The Kier molecular flexibility index (Phi) is 70.9. The summed E-state index contributed by atoms with van der Waals surface area (Å²) in [6, 6.07) is 0. The zero-order chi connectivity index (χ0) is 73.7. The first-order valence-corrected chi connectivity index (χ1v) is 41.4. The summed E-state index contributed by atoms with van der Waals surface area (Å²) in [4.78, 5) is 58.6. The Morgan fingerprint density at radius 1 is 0.277 bits per heavy atom. The molecule has 0 saturated heterocycles. The van der Waals surface area contributed by atoms with Gasteiger partial charge in [0.1, 0.15) is 25.4 Å². The highest BCUT2D eigenvalue weighted by Crippen LogP contribution is 2.45. The minimum absolute atomic E-state index is 0.0629. The van der Waals surface area contributed by atoms with Crippen LogP contribution in [0.15, 0.2) is 170 Å². The number of allylic oxidation sites excluding steroid dienone is 28. The number of carbonyl (C=O) groups excluding carboxylic acids is 3. The Hall–Kier alpha value is -5.09. The van der Waals surface area contributed by atoms with E-state index in [0.29, 0.717) is 19.3 Å². The molecule has 0 spiro atoms. The largest absolute Gasteiger partial charge is 0.472 e. The van der Waals surface area contributed by atoms with Crippen LogP contribution in [0.1, 0.15) is 278 Å². The number of unbranched alkanes of at least 4 members (excludes halogenated alkanes) is 20. The van der Waals surface area contributed by atoms with E-state index in [4.69, 9.17) is 32.3 Å². The molecule has 574 valence electrons. The molecule has 0 bridgehead atoms. The number of phosphoric acid groups is 2. The molecule has 101 heavy (non-hydrogen) atoms. The summed E-state index contributed by atoms with van der Waals surface area (Å²) >= 11 is 0. The van der Waals surface area contributed by atoms with E-state index in [2.05, 4.69) is 191 Å². The fourth-order valence-corrected chi connectivity index (χ4v) is 11.3. The third-order valence-electron chi connectivity index (χ3n) is 15.4. The standard InChI is InChI=1S/C83H136O16P2/c1-4-7-10-13-16-19-22-25-28-31-33-34-35-36-37-38-39-40-41-42-44-47-48-51-54-57-60-63-66-69-81(86)93-72-78(84)73-95-100(89,90)96-74-79(85)75-97-101(91,92)98-77-80(99-83(88)71-68-65-62-59-56-53-50-45-30-27-24-21-18-15-12-9-6-3)76-94-82(87)70-67-64-61-58-55-52-49-46-43-32-29-26-23-20-17-14-11-8-5-2/h7-12,16-21,25-30,33-34,36-37,43,46,50,52-53,55,78-80,84-85H,4-6,13-15,22-24,31-32,35,38-42,44-45,47-49,51,54,56-77H2,1-3H3,(H,89,90)(H,91,92)/b10-7-,11-8-,12-9-,19-16-,20-17-,21-18-,28-25-,29-26-,30-27-,34-33-,37-36-,46-43-,53-50-,55-52-. The predicted octanol–water partition coefficient (Wildman–Crippen LogP) is 22.4. The summed E-state index contributed by atoms with van der Waals surface area (Å²) in [5, 5.41) is 20.6. The number of aliphatic hydroxyl groups is 2. The van der Waals surface area contributed by atoms with E-state index in [1.807, 2.05) is 0 Å². The van der Waals surface area contributed by atoms with Crippen molar-refractivity contribution in [2.75, 3.05) is 39.6 Å². The van der Waals surface area contributed by atoms with Gasteiger partial charge < -0.3 is 34.2 Å². The van der Waals surface area contributed by atoms with Gasteiger partial charge in [0.15, 0.2) is 6.10 Å². The average molecular weight is 1450 g/mol. The van der Waals surface area contributed by atoms with Crippen molar-refractivity contribution in [3.05, 3.63) is 170 Å². The molecule has 4 N–H and O–H groups in total. The zero-order valence-corrected chi connectivity index (χ0v) is 64.3. The smallest absolute Gasteiger partial charge is 0.463 e. The maximum absolute atomic E-state index is 13.0. The molecule has 0 aliphatic carbocycles. The minimum atomic E-state index is -4.95. The molecule has 18 heteroatoms. The topological polar surface area (TPSA) is 231 Å². The number of phosphoric ester groups is 2. The first kappa shape index (κ1) is 95.9. The van der Waals surface area contributed by atoms with Crippen LogP contribution in [0.25, 0.3) is 0 Å². The van der Waals surface area contributed by atoms with E-state index >= 15 is 0 Å². The number of carbonyl (C=O) groups is 3. The van der Waals surface area contributed by atoms with Crippen molar-refractivity contribution < 1.29 is 75.8 Å². The summed E-state index contributed by atoms with van der Waals surface area (Å²) in [6.45, 7) is 2.25. The SMILES string of the molecule is CC/C=C\C/C=C\C/C=C\C/C=C\C/C=C\CCCCCCCCCCCCCCCC(=O)OCC(O)COP(=O)(O)OCC(O)COP(=O)(O)OCC(COC(=O)CCCCC/C=C\C/C=C\C/C=C\C/C=C\C/C=C\CC)OC(=O)CCCCCC/C=C\C/C=C\C/C=C\C/C=C\CC. The maximum Gasteiger partial charge on any atom is 0.472 e. The number of esters is 3. The maximum atomic E-state index is 13.0. The molecule has 0 aliphatic heterocycles. The molecule has 0 aromatic carbocycles. The van der Waals surface area contributed by atoms with Gasteiger partial charge >= 0.3 is 33.6 Å². The summed E-state index contributed by atoms with van der Waals surface area (Å²) in [6.07, 6.45) is 94.0. The van der Waals surface area contributed by atoms with Crippen LogP contribution >= 0.6 is 15.6 Å². The fourth-order valence-electron chi connectivity index (χ4n) is 9.67. The highest BCUT2D eigenvalue weighted by Gasteiger charge is 2.29. The molecule has 0 fully saturated rings. The summed E-state index contributed by atoms with van der Waals surface area (Å²) in [5.41, 5.74) is 0. The van der Waals surface area contributed by atoms with Crippen LogP contribution in [0, 0.1) is 0 Å². The van der Waals surface area contributed by atoms with Crippen molar-refractivity contribution >= 4 is 33.6 Å². The lowest BCUT2D eigenvalue weighted by atomic mass is 10.0. The highest BCUT2D eigenvalue weighted by molar-refractivity contribution is 7.47. The Bertz CT molecular complexity index is 2520. The summed E-state index contributed by atoms with van der Waals surface area (Å²) in [5.74, 6) is -1.65. The van der Waals surface area contributed by atoms with Crippen LogP contribution in [-0.2, 0) is 55.8 Å². The zero-order valence-electron chi connectivity index (χ0n) is 62.5. The number of hydrogen-bond donors (Lipinski definition) is 4. The molecule has 0 amide bonds. The lowest BCUT2D eigenvalue weighted by molar-refractivity contribution is -0.161. The van der Waals surface area contributed by atoms with Gasteiger partial charge in [-0.1, -0.05) is 281 Å². The lowest BCUT2D eigenvalue weighted by Gasteiger charge is -2.21. The Balaban J connectivity index is 4.60. The number of ether oxygens (including phenoxy) is 3. The van der Waals surface area contributed by atoms with Crippen molar-refractivity contribution in [3.63, 3.8) is 0 Å². The molecule has 0 heterocycles. The molecule has 0 radical (unpaired) electrons. The third-order valence-corrected chi connectivity index (χ3v) is 17.3. The lowest BCUT2D eigenvalue weighted by Crippen LogP contribution is -2.30. The van der Waals surface area contributed by atoms with Crippen LogP contribution in [0.3, 0.4) is 0 Å². The van der Waals surface area contributed by atoms with E-state index in [0.717, 1.165) is 161 Å². The predicted molar refractivity (Wildman–Crippen MR) is 417 cm³/mol. The van der Waals surface area contributed by atoms with Gasteiger partial charge in [-0.05, 0) is 148 Å². The fraction of sp³-hybridized carbons (Fsp3) is 0.627. The van der Waals surface area contributed by atoms with E-state index in [1.165, 1.54) is 57.8 Å². The van der Waals surface area contributed by atoms with Crippen molar-refractivity contribution in [1.29, 1.82) is 0 Å². The van der Waals surface area contributed by atoms with Crippen LogP contribution in [-0.4, -0.2) is 95.9 Å². The van der Waals surface area contributed by atoms with Gasteiger partial charge in [0, 0.05) is 19.3 Å². The number of aliphatic hydroxyl groups excluding tert-OH is 2. The molecule has 0 saturated carbocycles. The van der Waals surface area contributed by atoms with Crippen LogP contribution < -0.4 is 0 Å². The molecule has 0 aliphatic rings. The van der Waals surface area contributed by atoms with Gasteiger partial charge in [0.05, 0.1) is 26.4 Å². The van der Waals surface area contributed by atoms with Crippen molar-refractivity contribution in [2.24, 2.45) is 0 Å². The normalized spacial score (nSPS) is 15.0. The second kappa shape index (κ2) is 74.6. The molecule has 5 atom stereocenters. The summed E-state index contributed by atoms with van der Waals surface area (Å²) < 4.78 is 61.0. The second-order valence-electron chi connectivity index (χ2n) is 25.0. The van der Waals surface area contributed by atoms with Crippen molar-refractivity contribution in [3.8, 4) is 0 Å². The average Bonchev–Trinajstić information content (AvgIpc) is 1.06. The highest BCUT2D eigenvalue weighted by atomic mass is 31.2. The minimum Gasteiger partial charge on any atom is -0.463 e. The Labute approximate surface area is 612 Å². The number of hydrogen-bond acceptors (Lipinski definition) is 14. The molecule has 0 aromatic rings.